The summed E-state index contributed by atoms with van der Waals surface area (Å²) in [5.74, 6) is 0.433. The lowest BCUT2D eigenvalue weighted by atomic mass is 10.3. The summed E-state index contributed by atoms with van der Waals surface area (Å²) in [6, 6.07) is 1.30. The van der Waals surface area contributed by atoms with Gasteiger partial charge in [0.25, 0.3) is 15.0 Å². The van der Waals surface area contributed by atoms with Crippen LogP contribution in [0.25, 0.3) is 0 Å². The minimum absolute atomic E-state index is 0.0763. The highest BCUT2D eigenvalue weighted by Gasteiger charge is 2.22. The second-order valence-corrected chi connectivity index (χ2v) is 7.74. The highest BCUT2D eigenvalue weighted by molar-refractivity contribution is 8.13. The Hall–Kier alpha value is -1.05. The fourth-order valence-corrected chi connectivity index (χ4v) is 2.83. The van der Waals surface area contributed by atoms with Gasteiger partial charge in [-0.1, -0.05) is 12.8 Å². The lowest BCUT2D eigenvalue weighted by Crippen LogP contribution is -2.27. The third kappa shape index (κ3) is 4.72. The predicted octanol–water partition coefficient (Wildman–Crippen LogP) is 1.59. The Morgan fingerprint density at radius 1 is 1.52 bits per heavy atom. The summed E-state index contributed by atoms with van der Waals surface area (Å²) in [7, 11) is 3.02. The number of rotatable bonds is 8. The number of hydrogen-bond donors (Lipinski definition) is 1. The van der Waals surface area contributed by atoms with Crippen LogP contribution in [0.3, 0.4) is 0 Å². The van der Waals surface area contributed by atoms with Crippen LogP contribution in [-0.2, 0) is 20.3 Å². The van der Waals surface area contributed by atoms with Gasteiger partial charge in [0.15, 0.2) is 0 Å². The van der Waals surface area contributed by atoms with Crippen LogP contribution in [0.2, 0.25) is 0 Å². The summed E-state index contributed by atoms with van der Waals surface area (Å²) in [5, 5.41) is 2.81. The van der Waals surface area contributed by atoms with Crippen molar-refractivity contribution in [2.24, 2.45) is 5.92 Å². The van der Waals surface area contributed by atoms with Gasteiger partial charge in [0.1, 0.15) is 10.6 Å². The normalized spacial score (nSPS) is 15.1. The summed E-state index contributed by atoms with van der Waals surface area (Å²) in [6.45, 7) is 1.36. The number of amides is 1. The summed E-state index contributed by atoms with van der Waals surface area (Å²) >= 11 is 0. The number of ether oxygens (including phenoxy) is 1. The fourth-order valence-electron chi connectivity index (χ4n) is 2.07. The second kappa shape index (κ2) is 6.81. The minimum atomic E-state index is -3.86. The van der Waals surface area contributed by atoms with Crippen molar-refractivity contribution in [1.82, 2.24) is 9.88 Å². The smallest absolute Gasteiger partial charge is 0.267 e. The van der Waals surface area contributed by atoms with Gasteiger partial charge in [-0.3, -0.25) is 4.79 Å². The number of carbonyl (C=O) groups is 1. The molecular weight excluding hydrogens is 316 g/mol. The zero-order valence-electron chi connectivity index (χ0n) is 11.8. The molecule has 0 radical (unpaired) electrons. The number of nitrogens with one attached hydrogen (secondary N) is 1. The van der Waals surface area contributed by atoms with Crippen LogP contribution in [-0.4, -0.2) is 39.2 Å². The molecule has 1 aromatic rings. The van der Waals surface area contributed by atoms with E-state index in [0.717, 1.165) is 12.3 Å². The Bertz CT molecular complexity index is 608. The maximum atomic E-state index is 12.2. The van der Waals surface area contributed by atoms with Crippen molar-refractivity contribution in [3.05, 3.63) is 18.0 Å². The van der Waals surface area contributed by atoms with E-state index in [9.17, 15) is 13.2 Å². The zero-order chi connectivity index (χ0) is 15.5. The van der Waals surface area contributed by atoms with E-state index in [1.807, 2.05) is 0 Å². The van der Waals surface area contributed by atoms with Crippen LogP contribution >= 0.6 is 10.7 Å². The molecule has 1 aliphatic carbocycles. The monoisotopic (exact) mass is 334 g/mol. The SMILES string of the molecule is COCCn1cc(S(=O)(=O)Cl)cc1C(=O)NCCC1CC1. The highest BCUT2D eigenvalue weighted by Crippen LogP contribution is 2.31. The van der Waals surface area contributed by atoms with Crippen LogP contribution in [0.5, 0.6) is 0 Å². The molecule has 1 aromatic heterocycles. The lowest BCUT2D eigenvalue weighted by molar-refractivity contribution is 0.0940. The van der Waals surface area contributed by atoms with Crippen molar-refractivity contribution in [2.45, 2.75) is 30.7 Å². The largest absolute Gasteiger partial charge is 0.383 e. The van der Waals surface area contributed by atoms with E-state index >= 15 is 0 Å². The number of hydrogen-bond acceptors (Lipinski definition) is 4. The number of halogens is 1. The average molecular weight is 335 g/mol. The molecule has 0 aromatic carbocycles. The molecule has 118 valence electrons. The standard InChI is InChI=1S/C13H19ClN2O4S/c1-20-7-6-16-9-11(21(14,18)19)8-12(16)13(17)15-5-4-10-2-3-10/h8-10H,2-7H2,1H3,(H,15,17). The Morgan fingerprint density at radius 3 is 2.81 bits per heavy atom. The molecule has 0 unspecified atom stereocenters. The maximum absolute atomic E-state index is 12.2. The number of aromatic nitrogens is 1. The first-order valence-electron chi connectivity index (χ1n) is 6.84. The van der Waals surface area contributed by atoms with Gasteiger partial charge in [-0.25, -0.2) is 8.42 Å². The van der Waals surface area contributed by atoms with Gasteiger partial charge in [0.05, 0.1) is 6.61 Å². The molecule has 2 rings (SSSR count). The Labute approximate surface area is 128 Å². The summed E-state index contributed by atoms with van der Waals surface area (Å²) in [4.78, 5) is 12.1. The first-order chi connectivity index (χ1) is 9.91. The van der Waals surface area contributed by atoms with Crippen molar-refractivity contribution < 1.29 is 17.9 Å². The molecule has 1 N–H and O–H groups in total. The van der Waals surface area contributed by atoms with E-state index in [4.69, 9.17) is 15.4 Å². The van der Waals surface area contributed by atoms with Crippen LogP contribution < -0.4 is 5.32 Å². The molecule has 1 amide bonds. The molecule has 0 bridgehead atoms. The number of carbonyl (C=O) groups excluding carboxylic acids is 1. The van der Waals surface area contributed by atoms with Crippen LogP contribution in [0.4, 0.5) is 0 Å². The number of methoxy groups -OCH3 is 1. The summed E-state index contributed by atoms with van der Waals surface area (Å²) in [5.41, 5.74) is 0.280. The Balaban J connectivity index is 2.09. The third-order valence-electron chi connectivity index (χ3n) is 3.46. The van der Waals surface area contributed by atoms with Gasteiger partial charge in [0, 0.05) is 37.1 Å². The quantitative estimate of drug-likeness (QED) is 0.732. The van der Waals surface area contributed by atoms with Crippen molar-refractivity contribution in [1.29, 1.82) is 0 Å². The van der Waals surface area contributed by atoms with E-state index in [1.54, 1.807) is 4.57 Å². The van der Waals surface area contributed by atoms with Crippen molar-refractivity contribution in [3.63, 3.8) is 0 Å². The molecule has 8 heteroatoms. The molecule has 0 atom stereocenters. The van der Waals surface area contributed by atoms with E-state index in [-0.39, 0.29) is 16.5 Å². The maximum Gasteiger partial charge on any atom is 0.267 e. The molecule has 0 aliphatic heterocycles. The topological polar surface area (TPSA) is 77.4 Å². The molecule has 0 saturated heterocycles. The van der Waals surface area contributed by atoms with E-state index in [1.165, 1.54) is 32.2 Å². The second-order valence-electron chi connectivity index (χ2n) is 5.17. The van der Waals surface area contributed by atoms with Crippen LogP contribution in [0, 0.1) is 5.92 Å². The average Bonchev–Trinajstić information content (AvgIpc) is 3.12. The van der Waals surface area contributed by atoms with Gasteiger partial charge >= 0.3 is 0 Å². The van der Waals surface area contributed by atoms with Crippen LogP contribution in [0.15, 0.2) is 17.2 Å². The Kier molecular flexibility index (Phi) is 5.29. The molecule has 0 spiro atoms. The molecule has 1 aliphatic rings. The first-order valence-corrected chi connectivity index (χ1v) is 9.14. The van der Waals surface area contributed by atoms with Gasteiger partial charge in [-0.15, -0.1) is 0 Å². The zero-order valence-corrected chi connectivity index (χ0v) is 13.4. The summed E-state index contributed by atoms with van der Waals surface area (Å²) in [6.07, 6.45) is 4.78. The van der Waals surface area contributed by atoms with Crippen molar-refractivity contribution >= 4 is 25.6 Å². The van der Waals surface area contributed by atoms with Crippen molar-refractivity contribution in [3.8, 4) is 0 Å². The van der Waals surface area contributed by atoms with Gasteiger partial charge < -0.3 is 14.6 Å². The van der Waals surface area contributed by atoms with Gasteiger partial charge in [-0.05, 0) is 18.4 Å². The van der Waals surface area contributed by atoms with Gasteiger partial charge in [-0.2, -0.15) is 0 Å². The summed E-state index contributed by atoms with van der Waals surface area (Å²) < 4.78 is 29.3. The molecule has 21 heavy (non-hydrogen) atoms. The first kappa shape index (κ1) is 16.3. The molecule has 1 fully saturated rings. The van der Waals surface area contributed by atoms with E-state index in [0.29, 0.717) is 19.7 Å². The molecular formula is C13H19ClN2O4S. The lowest BCUT2D eigenvalue weighted by Gasteiger charge is -2.09. The minimum Gasteiger partial charge on any atom is -0.383 e. The van der Waals surface area contributed by atoms with Crippen LogP contribution in [0.1, 0.15) is 29.8 Å². The molecule has 1 heterocycles. The van der Waals surface area contributed by atoms with Crippen molar-refractivity contribution in [2.75, 3.05) is 20.3 Å². The predicted molar refractivity (Wildman–Crippen MR) is 79.0 cm³/mol. The Morgan fingerprint density at radius 2 is 2.24 bits per heavy atom. The third-order valence-corrected chi connectivity index (χ3v) is 4.78. The van der Waals surface area contributed by atoms with E-state index < -0.39 is 9.05 Å². The fraction of sp³-hybridized carbons (Fsp3) is 0.615. The highest BCUT2D eigenvalue weighted by atomic mass is 35.7. The number of nitrogens with zero attached hydrogens (tertiary/aromatic N) is 1. The molecule has 6 nitrogen and oxygen atoms in total. The molecule has 1 saturated carbocycles. The van der Waals surface area contributed by atoms with Gasteiger partial charge in [0.2, 0.25) is 0 Å². The van der Waals surface area contributed by atoms with E-state index in [2.05, 4.69) is 5.32 Å².